The minimum atomic E-state index is -0.426. The van der Waals surface area contributed by atoms with Crippen molar-refractivity contribution >= 4 is 0 Å². The summed E-state index contributed by atoms with van der Waals surface area (Å²) in [6.07, 6.45) is 0.933. The summed E-state index contributed by atoms with van der Waals surface area (Å²) < 4.78 is 0. The van der Waals surface area contributed by atoms with Crippen molar-refractivity contribution in [2.24, 2.45) is 5.92 Å². The van der Waals surface area contributed by atoms with Crippen molar-refractivity contribution in [1.82, 2.24) is 4.90 Å². The Bertz CT molecular complexity index is 156. The third kappa shape index (κ3) is 1.80. The van der Waals surface area contributed by atoms with E-state index in [9.17, 15) is 5.11 Å². The lowest BCUT2D eigenvalue weighted by Crippen LogP contribution is -2.40. The summed E-state index contributed by atoms with van der Waals surface area (Å²) in [6.45, 7) is 10.5. The molecule has 0 saturated carbocycles. The fourth-order valence-electron chi connectivity index (χ4n) is 1.76. The van der Waals surface area contributed by atoms with E-state index in [0.29, 0.717) is 12.0 Å². The third-order valence-corrected chi connectivity index (χ3v) is 3.11. The van der Waals surface area contributed by atoms with Crippen LogP contribution < -0.4 is 0 Å². The highest BCUT2D eigenvalue weighted by molar-refractivity contribution is 4.93. The minimum absolute atomic E-state index is 0.376. The molecular weight excluding hydrogens is 150 g/mol. The molecule has 0 bridgehead atoms. The van der Waals surface area contributed by atoms with Gasteiger partial charge in [0.25, 0.3) is 0 Å². The van der Waals surface area contributed by atoms with Crippen LogP contribution in [0.1, 0.15) is 34.1 Å². The van der Waals surface area contributed by atoms with E-state index in [1.807, 2.05) is 0 Å². The Morgan fingerprint density at radius 1 is 1.25 bits per heavy atom. The van der Waals surface area contributed by atoms with E-state index < -0.39 is 5.60 Å². The molecule has 1 rings (SSSR count). The van der Waals surface area contributed by atoms with E-state index in [1.54, 1.807) is 0 Å². The molecule has 2 nitrogen and oxygen atoms in total. The first-order valence-electron chi connectivity index (χ1n) is 4.92. The fraction of sp³-hybridized carbons (Fsp3) is 1.00. The summed E-state index contributed by atoms with van der Waals surface area (Å²) in [6, 6.07) is 0.567. The summed E-state index contributed by atoms with van der Waals surface area (Å²) in [5.41, 5.74) is -0.426. The number of aliphatic hydroxyl groups is 1. The van der Waals surface area contributed by atoms with Crippen LogP contribution in [0.2, 0.25) is 0 Å². The smallest absolute Gasteiger partial charge is 0.0809 e. The lowest BCUT2D eigenvalue weighted by molar-refractivity contribution is 0.00230. The molecule has 1 heterocycles. The molecule has 0 aromatic heterocycles. The van der Waals surface area contributed by atoms with Gasteiger partial charge in [-0.1, -0.05) is 13.8 Å². The van der Waals surface area contributed by atoms with Gasteiger partial charge < -0.3 is 5.11 Å². The Kier molecular flexibility index (Phi) is 2.79. The lowest BCUT2D eigenvalue weighted by atomic mass is 9.90. The van der Waals surface area contributed by atoms with Crippen LogP contribution in [0.3, 0.4) is 0 Å². The van der Waals surface area contributed by atoms with Gasteiger partial charge in [-0.3, -0.25) is 4.90 Å². The Morgan fingerprint density at radius 3 is 2.08 bits per heavy atom. The highest BCUT2D eigenvalue weighted by atomic mass is 16.3. The molecule has 1 atom stereocenters. The first kappa shape index (κ1) is 10.0. The highest BCUT2D eigenvalue weighted by Crippen LogP contribution is 2.29. The van der Waals surface area contributed by atoms with Gasteiger partial charge in [0.2, 0.25) is 0 Å². The van der Waals surface area contributed by atoms with Crippen LogP contribution in [-0.4, -0.2) is 34.7 Å². The second-order valence-electron chi connectivity index (χ2n) is 4.57. The van der Waals surface area contributed by atoms with Gasteiger partial charge in [0.15, 0.2) is 0 Å². The quantitative estimate of drug-likeness (QED) is 0.680. The topological polar surface area (TPSA) is 23.5 Å². The van der Waals surface area contributed by atoms with Crippen molar-refractivity contribution in [3.8, 4) is 0 Å². The summed E-state index contributed by atoms with van der Waals surface area (Å²) >= 11 is 0. The van der Waals surface area contributed by atoms with Crippen LogP contribution in [0.25, 0.3) is 0 Å². The first-order chi connectivity index (χ1) is 5.46. The molecule has 0 aromatic rings. The standard InChI is InChI=1S/C10H21NO/c1-8(2)10(12)5-6-11(7-10)9(3)4/h8-9,12H,5-7H2,1-4H3. The molecule has 0 amide bonds. The van der Waals surface area contributed by atoms with E-state index in [4.69, 9.17) is 0 Å². The number of β-amino-alcohol motifs (C(OH)–C–C–N with tert-alkyl or cyclic N) is 1. The molecular formula is C10H21NO. The molecule has 1 aliphatic heterocycles. The Labute approximate surface area is 75.6 Å². The normalized spacial score (nSPS) is 32.2. The molecule has 0 aromatic carbocycles. The zero-order valence-corrected chi connectivity index (χ0v) is 8.67. The van der Waals surface area contributed by atoms with Crippen LogP contribution >= 0.6 is 0 Å². The van der Waals surface area contributed by atoms with Gasteiger partial charge in [-0.2, -0.15) is 0 Å². The van der Waals surface area contributed by atoms with Crippen LogP contribution in [0.15, 0.2) is 0 Å². The predicted molar refractivity (Wildman–Crippen MR) is 51.1 cm³/mol. The Balaban J connectivity index is 2.55. The van der Waals surface area contributed by atoms with E-state index in [0.717, 1.165) is 19.5 Å². The van der Waals surface area contributed by atoms with E-state index in [2.05, 4.69) is 32.6 Å². The summed E-state index contributed by atoms with van der Waals surface area (Å²) in [5.74, 6) is 0.376. The summed E-state index contributed by atoms with van der Waals surface area (Å²) in [5, 5.41) is 10.1. The largest absolute Gasteiger partial charge is 0.388 e. The molecule has 1 fully saturated rings. The molecule has 1 aliphatic rings. The number of hydrogen-bond donors (Lipinski definition) is 1. The van der Waals surface area contributed by atoms with Crippen molar-refractivity contribution < 1.29 is 5.11 Å². The maximum Gasteiger partial charge on any atom is 0.0809 e. The average molecular weight is 171 g/mol. The fourth-order valence-corrected chi connectivity index (χ4v) is 1.76. The zero-order chi connectivity index (χ0) is 9.35. The first-order valence-corrected chi connectivity index (χ1v) is 4.92. The van der Waals surface area contributed by atoms with E-state index in [-0.39, 0.29) is 0 Å². The van der Waals surface area contributed by atoms with Gasteiger partial charge in [0, 0.05) is 19.1 Å². The average Bonchev–Trinajstić information content (AvgIpc) is 2.33. The SMILES string of the molecule is CC(C)N1CCC(O)(C(C)C)C1. The molecule has 1 saturated heterocycles. The summed E-state index contributed by atoms with van der Waals surface area (Å²) in [4.78, 5) is 2.35. The van der Waals surface area contributed by atoms with Crippen LogP contribution in [-0.2, 0) is 0 Å². The van der Waals surface area contributed by atoms with Crippen LogP contribution in [0, 0.1) is 5.92 Å². The van der Waals surface area contributed by atoms with Gasteiger partial charge in [-0.05, 0) is 26.2 Å². The molecule has 1 unspecified atom stereocenters. The van der Waals surface area contributed by atoms with Crippen LogP contribution in [0.4, 0.5) is 0 Å². The number of rotatable bonds is 2. The molecule has 12 heavy (non-hydrogen) atoms. The molecule has 72 valence electrons. The molecule has 0 aliphatic carbocycles. The highest BCUT2D eigenvalue weighted by Gasteiger charge is 2.39. The van der Waals surface area contributed by atoms with Gasteiger partial charge in [0.05, 0.1) is 5.60 Å². The maximum atomic E-state index is 10.1. The van der Waals surface area contributed by atoms with Crippen molar-refractivity contribution in [1.29, 1.82) is 0 Å². The van der Waals surface area contributed by atoms with Crippen molar-refractivity contribution in [3.05, 3.63) is 0 Å². The molecule has 0 spiro atoms. The zero-order valence-electron chi connectivity index (χ0n) is 8.67. The van der Waals surface area contributed by atoms with Gasteiger partial charge in [0.1, 0.15) is 0 Å². The predicted octanol–water partition coefficient (Wildman–Crippen LogP) is 1.49. The van der Waals surface area contributed by atoms with E-state index >= 15 is 0 Å². The monoisotopic (exact) mass is 171 g/mol. The second kappa shape index (κ2) is 3.35. The van der Waals surface area contributed by atoms with Gasteiger partial charge >= 0.3 is 0 Å². The maximum absolute atomic E-state index is 10.1. The Morgan fingerprint density at radius 2 is 1.83 bits per heavy atom. The second-order valence-corrected chi connectivity index (χ2v) is 4.57. The van der Waals surface area contributed by atoms with Crippen LogP contribution in [0.5, 0.6) is 0 Å². The lowest BCUT2D eigenvalue weighted by Gasteiger charge is -2.28. The molecule has 1 N–H and O–H groups in total. The van der Waals surface area contributed by atoms with Gasteiger partial charge in [-0.25, -0.2) is 0 Å². The molecule has 0 radical (unpaired) electrons. The number of nitrogens with zero attached hydrogens (tertiary/aromatic N) is 1. The van der Waals surface area contributed by atoms with Crippen molar-refractivity contribution in [2.45, 2.75) is 45.8 Å². The van der Waals surface area contributed by atoms with Gasteiger partial charge in [-0.15, -0.1) is 0 Å². The Hall–Kier alpha value is -0.0800. The van der Waals surface area contributed by atoms with E-state index in [1.165, 1.54) is 0 Å². The number of likely N-dealkylation sites (tertiary alicyclic amines) is 1. The third-order valence-electron chi connectivity index (χ3n) is 3.11. The molecule has 2 heteroatoms. The minimum Gasteiger partial charge on any atom is -0.388 e. The summed E-state index contributed by atoms with van der Waals surface area (Å²) in [7, 11) is 0. The van der Waals surface area contributed by atoms with Crippen molar-refractivity contribution in [3.63, 3.8) is 0 Å². The van der Waals surface area contributed by atoms with Crippen molar-refractivity contribution in [2.75, 3.05) is 13.1 Å². The number of hydrogen-bond acceptors (Lipinski definition) is 2.